The molecule has 52 heavy (non-hydrogen) atoms. The van der Waals surface area contributed by atoms with Crippen LogP contribution >= 0.6 is 0 Å². The van der Waals surface area contributed by atoms with Gasteiger partial charge in [-0.25, -0.2) is 8.78 Å². The van der Waals surface area contributed by atoms with Gasteiger partial charge in [0.1, 0.15) is 0 Å². The normalized spacial score (nSPS) is 10.5. The lowest BCUT2D eigenvalue weighted by Crippen LogP contribution is -2.48. The maximum atomic E-state index is 12.1. The molecule has 0 unspecified atom stereocenters. The van der Waals surface area contributed by atoms with Crippen molar-refractivity contribution in [2.24, 2.45) is 0 Å². The van der Waals surface area contributed by atoms with Crippen molar-refractivity contribution in [2.75, 3.05) is 33.2 Å². The smallest absolute Gasteiger partial charge is 0.302 e. The molecule has 0 amide bonds. The zero-order chi connectivity index (χ0) is 37.6. The van der Waals surface area contributed by atoms with E-state index in [9.17, 15) is 28.4 Å². The van der Waals surface area contributed by atoms with E-state index < -0.39 is 32.2 Å². The van der Waals surface area contributed by atoms with Crippen molar-refractivity contribution in [2.45, 2.75) is 32.1 Å². The first-order valence-electron chi connectivity index (χ1n) is 16.9. The summed E-state index contributed by atoms with van der Waals surface area (Å²) in [5, 5.41) is 21.4. The van der Waals surface area contributed by atoms with E-state index in [2.05, 4.69) is 36.4 Å². The summed E-state index contributed by atoms with van der Waals surface area (Å²) in [4.78, 5) is 32.2. The molecule has 9 nitrogen and oxygen atoms in total. The summed E-state index contributed by atoms with van der Waals surface area (Å²) in [6.45, 7) is 2.61. The third-order valence-electron chi connectivity index (χ3n) is 7.75. The van der Waals surface area contributed by atoms with Gasteiger partial charge in [-0.05, 0) is 55.5 Å². The van der Waals surface area contributed by atoms with Gasteiger partial charge in [0.2, 0.25) is 12.4 Å². The van der Waals surface area contributed by atoms with Gasteiger partial charge >= 0.3 is 11.4 Å². The molecule has 0 fully saturated rings. The lowest BCUT2D eigenvalue weighted by Gasteiger charge is -2.37. The molecule has 0 N–H and O–H groups in total. The van der Waals surface area contributed by atoms with Crippen LogP contribution in [0.15, 0.2) is 140 Å². The van der Waals surface area contributed by atoms with Gasteiger partial charge < -0.3 is 14.7 Å². The molecule has 272 valence electrons. The molecule has 2 aromatic heterocycles. The molecule has 3 aromatic carbocycles. The molecular formula is C40H43BF2N2O7. The number of benzene rings is 3. The molecule has 0 aliphatic rings. The Hall–Kier alpha value is -5.30. The maximum absolute atomic E-state index is 12.1. The highest BCUT2D eigenvalue weighted by Crippen LogP contribution is 2.42. The van der Waals surface area contributed by atoms with Crippen molar-refractivity contribution >= 4 is 18.9 Å². The Labute approximate surface area is 303 Å². The maximum Gasteiger partial charge on any atom is 0.302 e. The highest BCUT2D eigenvalue weighted by Gasteiger charge is 2.35. The first-order chi connectivity index (χ1) is 25.3. The van der Waals surface area contributed by atoms with E-state index >= 15 is 0 Å². The van der Waals surface area contributed by atoms with Gasteiger partial charge in [-0.1, -0.05) is 91.0 Å². The summed E-state index contributed by atoms with van der Waals surface area (Å²) < 4.78 is 31.4. The van der Waals surface area contributed by atoms with Crippen molar-refractivity contribution in [3.05, 3.63) is 168 Å². The zero-order valence-electron chi connectivity index (χ0n) is 29.3. The molecule has 0 spiro atoms. The average molecular weight is 713 g/mol. The molecule has 5 aromatic rings. The van der Waals surface area contributed by atoms with E-state index in [1.165, 1.54) is 38.3 Å². The molecule has 5 rings (SSSR count). The van der Waals surface area contributed by atoms with Crippen molar-refractivity contribution < 1.29 is 52.2 Å². The summed E-state index contributed by atoms with van der Waals surface area (Å²) in [7, 11) is -2.23. The topological polar surface area (TPSA) is 116 Å². The molecule has 0 saturated carbocycles. The minimum absolute atomic E-state index is 0.159. The van der Waals surface area contributed by atoms with Gasteiger partial charge in [-0.15, -0.1) is 0 Å². The van der Waals surface area contributed by atoms with Crippen LogP contribution in [0.1, 0.15) is 64.4 Å². The van der Waals surface area contributed by atoms with E-state index in [0.717, 1.165) is 6.42 Å². The number of Topliss-reactive ketones (excluding diaryl/α,β-unsaturated/α-hetero) is 2. The third kappa shape index (κ3) is 11.9. The fourth-order valence-electron chi connectivity index (χ4n) is 5.55. The Morgan fingerprint density at radius 1 is 0.615 bits per heavy atom. The van der Waals surface area contributed by atoms with Crippen molar-refractivity contribution in [1.82, 2.24) is 0 Å². The quantitative estimate of drug-likeness (QED) is 0.0505. The number of pyridine rings is 2. The lowest BCUT2D eigenvalue weighted by molar-refractivity contribution is -0.892. The summed E-state index contributed by atoms with van der Waals surface area (Å²) in [6, 6.07) is 40.8. The first kappa shape index (κ1) is 41.1. The number of carbonyl (C=O) groups is 2. The van der Waals surface area contributed by atoms with Gasteiger partial charge in [0.15, 0.2) is 26.6 Å². The van der Waals surface area contributed by atoms with E-state index in [1.54, 1.807) is 50.5 Å². The van der Waals surface area contributed by atoms with E-state index in [4.69, 9.17) is 14.3 Å². The van der Waals surface area contributed by atoms with Gasteiger partial charge in [-0.2, -0.15) is 0 Å². The van der Waals surface area contributed by atoms with Crippen LogP contribution < -0.4 is 29.2 Å². The minimum Gasteiger partial charge on any atom is -0.871 e. The molecule has 2 heterocycles. The van der Waals surface area contributed by atoms with Gasteiger partial charge in [0.05, 0.1) is 7.32 Å². The number of hydrogen-bond acceptors (Lipinski definition) is 7. The molecule has 0 saturated heterocycles. The Morgan fingerprint density at radius 3 is 1.31 bits per heavy atom. The molecule has 0 aliphatic carbocycles. The molecular weight excluding hydrogens is 669 g/mol. The average Bonchev–Trinajstić information content (AvgIpc) is 3.19. The van der Waals surface area contributed by atoms with Crippen LogP contribution in [-0.4, -0.2) is 52.1 Å². The second kappa shape index (κ2) is 22.5. The second-order valence-corrected chi connectivity index (χ2v) is 11.0. The van der Waals surface area contributed by atoms with Gasteiger partial charge in [0, 0.05) is 45.7 Å². The summed E-state index contributed by atoms with van der Waals surface area (Å²) >= 11 is 0. The van der Waals surface area contributed by atoms with Crippen LogP contribution in [0, 0.1) is 0 Å². The highest BCUT2D eigenvalue weighted by molar-refractivity contribution is 6.28. The van der Waals surface area contributed by atoms with Crippen LogP contribution in [0.4, 0.5) is 8.78 Å². The van der Waals surface area contributed by atoms with E-state index in [1.807, 2.05) is 54.6 Å². The van der Waals surface area contributed by atoms with Gasteiger partial charge in [-0.3, -0.25) is 19.3 Å². The summed E-state index contributed by atoms with van der Waals surface area (Å²) in [5.74, 6) is -1.15. The number of nitrogens with zero attached hydrogens (tertiary/aromatic N) is 2. The van der Waals surface area contributed by atoms with Crippen LogP contribution in [0.2, 0.25) is 0 Å². The summed E-state index contributed by atoms with van der Waals surface area (Å²) in [6.07, 6.45) is 4.50. The lowest BCUT2D eigenvalue weighted by atomic mass is 9.67. The Bertz CT molecular complexity index is 1610. The fraction of sp³-hybridized carbons (Fsp3) is 0.250. The predicted octanol–water partition coefficient (Wildman–Crippen LogP) is 3.67. The SMILES string of the molecule is CCO[n+]1ccccc1C(=O)CF.CCO[n+]1ccccc1C(=O)CF.[O-]B([O-])OCCCC(c1ccccc1)(c1ccccc1)c1ccccc1. The fourth-order valence-corrected chi connectivity index (χ4v) is 5.55. The number of carbonyl (C=O) groups excluding carboxylic acids is 2. The van der Waals surface area contributed by atoms with Crippen molar-refractivity contribution in [3.63, 3.8) is 0 Å². The van der Waals surface area contributed by atoms with E-state index in [0.29, 0.717) is 19.6 Å². The van der Waals surface area contributed by atoms with E-state index in [-0.39, 0.29) is 23.4 Å². The van der Waals surface area contributed by atoms with Crippen LogP contribution in [-0.2, 0) is 10.1 Å². The number of halogens is 2. The van der Waals surface area contributed by atoms with Crippen LogP contribution in [0.3, 0.4) is 0 Å². The minimum atomic E-state index is -2.23. The largest absolute Gasteiger partial charge is 0.871 e. The third-order valence-corrected chi connectivity index (χ3v) is 7.75. The number of ketones is 2. The van der Waals surface area contributed by atoms with Crippen LogP contribution in [0.25, 0.3) is 0 Å². The molecule has 0 atom stereocenters. The molecule has 0 bridgehead atoms. The predicted molar refractivity (Wildman–Crippen MR) is 188 cm³/mol. The number of rotatable bonds is 16. The second-order valence-electron chi connectivity index (χ2n) is 11.0. The zero-order valence-corrected chi connectivity index (χ0v) is 29.3. The van der Waals surface area contributed by atoms with Gasteiger partial charge in [0.25, 0.3) is 11.6 Å². The molecule has 0 aliphatic heterocycles. The first-order valence-corrected chi connectivity index (χ1v) is 16.9. The number of hydrogen-bond donors (Lipinski definition) is 0. The molecule has 0 radical (unpaired) electrons. The highest BCUT2D eigenvalue weighted by atomic mass is 19.1. The molecule has 12 heteroatoms. The number of aromatic nitrogens is 2. The summed E-state index contributed by atoms with van der Waals surface area (Å²) in [5.41, 5.74) is 3.63. The van der Waals surface area contributed by atoms with Crippen molar-refractivity contribution in [1.29, 1.82) is 0 Å². The monoisotopic (exact) mass is 712 g/mol. The Morgan fingerprint density at radius 2 is 0.981 bits per heavy atom. The van der Waals surface area contributed by atoms with Crippen molar-refractivity contribution in [3.8, 4) is 0 Å². The van der Waals surface area contributed by atoms with Crippen LogP contribution in [0.5, 0.6) is 0 Å². The Kier molecular flexibility index (Phi) is 17.8. The number of alkyl halides is 2. The Balaban J connectivity index is 0.000000235. The standard InChI is InChI=1S/C22H21BO3.2C9H11FNO2/c24-23(25)26-18-10-17-22(19-11-4-1-5-12-19,20-13-6-2-7-14-20)21-15-8-3-9-16-21;2*1-2-13-11-6-4-3-5-8(11)9(12)7-10/h1-9,11-16H,10,17-18H2;2*3-6H,2,7H2,1H3/q-2;2*+1.